The fourth-order valence-electron chi connectivity index (χ4n) is 4.21. The van der Waals surface area contributed by atoms with E-state index in [4.69, 9.17) is 9.47 Å². The topological polar surface area (TPSA) is 63.7 Å². The molecule has 0 saturated heterocycles. The van der Waals surface area contributed by atoms with Crippen LogP contribution in [0, 0.1) is 5.92 Å². The zero-order valence-corrected chi connectivity index (χ0v) is 19.7. The molecule has 33 heavy (non-hydrogen) atoms. The average molecular weight is 448 g/mol. The lowest BCUT2D eigenvalue weighted by atomic mass is 10.1. The maximum absolute atomic E-state index is 12.9. The van der Waals surface area contributed by atoms with Gasteiger partial charge in [0.15, 0.2) is 0 Å². The Morgan fingerprint density at radius 3 is 2.73 bits per heavy atom. The molecule has 0 spiro atoms. The highest BCUT2D eigenvalue weighted by atomic mass is 16.5. The number of amides is 1. The number of pyridine rings is 1. The lowest BCUT2D eigenvalue weighted by Gasteiger charge is -2.25. The van der Waals surface area contributed by atoms with Crippen molar-refractivity contribution in [2.24, 2.45) is 5.92 Å². The molecule has 3 aromatic rings. The Morgan fingerprint density at radius 1 is 1.15 bits per heavy atom. The third kappa shape index (κ3) is 5.75. The van der Waals surface area contributed by atoms with Gasteiger partial charge in [0.2, 0.25) is 5.91 Å². The molecule has 1 unspecified atom stereocenters. The van der Waals surface area contributed by atoms with E-state index in [2.05, 4.69) is 17.2 Å². The molecule has 0 aliphatic heterocycles. The van der Waals surface area contributed by atoms with Crippen molar-refractivity contribution >= 4 is 22.5 Å². The zero-order chi connectivity index (χ0) is 23.2. The highest BCUT2D eigenvalue weighted by molar-refractivity contribution is 5.91. The monoisotopic (exact) mass is 447 g/mol. The first-order valence-electron chi connectivity index (χ1n) is 11.7. The Hall–Kier alpha value is -3.28. The second-order valence-corrected chi connectivity index (χ2v) is 8.78. The number of fused-ring (bicyclic) bond motifs is 1. The average Bonchev–Trinajstić information content (AvgIpc) is 3.68. The van der Waals surface area contributed by atoms with Gasteiger partial charge < -0.3 is 19.7 Å². The quantitative estimate of drug-likeness (QED) is 0.434. The van der Waals surface area contributed by atoms with Crippen molar-refractivity contribution in [2.75, 3.05) is 26.1 Å². The number of ether oxygens (including phenoxy) is 2. The molecule has 0 bridgehead atoms. The Balaban J connectivity index is 1.39. The van der Waals surface area contributed by atoms with Crippen LogP contribution in [-0.2, 0) is 11.3 Å². The molecule has 1 saturated carbocycles. The van der Waals surface area contributed by atoms with E-state index in [1.807, 2.05) is 59.6 Å². The molecule has 1 heterocycles. The molecular formula is C27H33N3O3. The highest BCUT2D eigenvalue weighted by Gasteiger charge is 2.33. The van der Waals surface area contributed by atoms with Crippen molar-refractivity contribution in [1.82, 2.24) is 9.88 Å². The first kappa shape index (κ1) is 22.9. The third-order valence-electron chi connectivity index (χ3n) is 6.17. The number of carbonyl (C=O) groups is 1. The van der Waals surface area contributed by atoms with Crippen LogP contribution in [0.25, 0.3) is 10.9 Å². The van der Waals surface area contributed by atoms with E-state index in [1.165, 1.54) is 0 Å². The van der Waals surface area contributed by atoms with Gasteiger partial charge in [0.1, 0.15) is 11.5 Å². The Morgan fingerprint density at radius 2 is 1.97 bits per heavy atom. The normalized spacial score (nSPS) is 14.0. The van der Waals surface area contributed by atoms with Crippen molar-refractivity contribution in [1.29, 1.82) is 0 Å². The number of nitrogens with one attached hydrogen (secondary N) is 1. The summed E-state index contributed by atoms with van der Waals surface area (Å²) in [7, 11) is 3.36. The number of benzene rings is 2. The van der Waals surface area contributed by atoms with E-state index < -0.39 is 0 Å². The van der Waals surface area contributed by atoms with Crippen molar-refractivity contribution < 1.29 is 14.3 Å². The highest BCUT2D eigenvalue weighted by Crippen LogP contribution is 2.33. The van der Waals surface area contributed by atoms with Gasteiger partial charge in [-0.3, -0.25) is 9.78 Å². The molecule has 6 heteroatoms. The standard InChI is InChI=1S/C27H33N3O3/c1-19(29-24-17-23(32-2)16-21-10-6-14-28-26(21)24)8-7-15-30(27(31)20-12-13-20)18-22-9-4-5-11-25(22)33-3/h4-6,9-11,14,16-17,19-20,29H,7-8,12-13,15,18H2,1-3H3. The van der Waals surface area contributed by atoms with E-state index in [-0.39, 0.29) is 17.9 Å². The number of hydrogen-bond donors (Lipinski definition) is 1. The van der Waals surface area contributed by atoms with E-state index in [0.29, 0.717) is 6.54 Å². The molecule has 1 amide bonds. The number of nitrogens with zero attached hydrogens (tertiary/aromatic N) is 2. The largest absolute Gasteiger partial charge is 0.497 e. The third-order valence-corrected chi connectivity index (χ3v) is 6.17. The Kier molecular flexibility index (Phi) is 7.33. The number of anilines is 1. The molecule has 6 nitrogen and oxygen atoms in total. The van der Waals surface area contributed by atoms with Gasteiger partial charge in [-0.05, 0) is 50.8 Å². The summed E-state index contributed by atoms with van der Waals surface area (Å²) in [4.78, 5) is 19.5. The molecule has 1 fully saturated rings. The van der Waals surface area contributed by atoms with Crippen LogP contribution < -0.4 is 14.8 Å². The number of methoxy groups -OCH3 is 2. The van der Waals surface area contributed by atoms with Gasteiger partial charge in [-0.2, -0.15) is 0 Å². The van der Waals surface area contributed by atoms with Crippen LogP contribution in [0.2, 0.25) is 0 Å². The van der Waals surface area contributed by atoms with Crippen LogP contribution in [0.5, 0.6) is 11.5 Å². The molecule has 2 aromatic carbocycles. The molecule has 1 N–H and O–H groups in total. The van der Waals surface area contributed by atoms with Crippen LogP contribution in [0.1, 0.15) is 38.2 Å². The maximum Gasteiger partial charge on any atom is 0.225 e. The fourth-order valence-corrected chi connectivity index (χ4v) is 4.21. The number of hydrogen-bond acceptors (Lipinski definition) is 5. The first-order chi connectivity index (χ1) is 16.1. The van der Waals surface area contributed by atoms with Gasteiger partial charge in [-0.1, -0.05) is 24.3 Å². The minimum absolute atomic E-state index is 0.199. The van der Waals surface area contributed by atoms with E-state index in [9.17, 15) is 4.79 Å². The van der Waals surface area contributed by atoms with Crippen LogP contribution in [0.3, 0.4) is 0 Å². The van der Waals surface area contributed by atoms with Gasteiger partial charge >= 0.3 is 0 Å². The summed E-state index contributed by atoms with van der Waals surface area (Å²) in [5, 5.41) is 4.65. The maximum atomic E-state index is 12.9. The smallest absolute Gasteiger partial charge is 0.225 e. The van der Waals surface area contributed by atoms with Gasteiger partial charge in [0.25, 0.3) is 0 Å². The minimum atomic E-state index is 0.199. The molecular weight excluding hydrogens is 414 g/mol. The molecule has 1 aliphatic rings. The van der Waals surface area contributed by atoms with Crippen LogP contribution in [0.4, 0.5) is 5.69 Å². The van der Waals surface area contributed by atoms with Crippen LogP contribution in [0.15, 0.2) is 54.7 Å². The Labute approximate surface area is 195 Å². The summed E-state index contributed by atoms with van der Waals surface area (Å²) >= 11 is 0. The van der Waals surface area contributed by atoms with Gasteiger partial charge in [-0.15, -0.1) is 0 Å². The number of rotatable bonds is 11. The van der Waals surface area contributed by atoms with Gasteiger partial charge in [-0.25, -0.2) is 0 Å². The van der Waals surface area contributed by atoms with Crippen molar-refractivity contribution in [3.05, 3.63) is 60.3 Å². The lowest BCUT2D eigenvalue weighted by Crippen LogP contribution is -2.33. The zero-order valence-electron chi connectivity index (χ0n) is 19.7. The number of para-hydroxylation sites is 1. The molecule has 1 aromatic heterocycles. The van der Waals surface area contributed by atoms with Gasteiger partial charge in [0, 0.05) is 48.3 Å². The molecule has 0 radical (unpaired) electrons. The second-order valence-electron chi connectivity index (χ2n) is 8.78. The predicted molar refractivity (Wildman–Crippen MR) is 132 cm³/mol. The molecule has 4 rings (SSSR count). The number of carbonyl (C=O) groups excluding carboxylic acids is 1. The SMILES string of the molecule is COc1cc(NC(C)CCCN(Cc2ccccc2OC)C(=O)C2CC2)c2ncccc2c1. The second kappa shape index (κ2) is 10.6. The minimum Gasteiger partial charge on any atom is -0.497 e. The summed E-state index contributed by atoms with van der Waals surface area (Å²) in [6, 6.07) is 16.1. The summed E-state index contributed by atoms with van der Waals surface area (Å²) in [5.74, 6) is 2.11. The lowest BCUT2D eigenvalue weighted by molar-refractivity contribution is -0.133. The van der Waals surface area contributed by atoms with Crippen LogP contribution >= 0.6 is 0 Å². The molecule has 1 atom stereocenters. The summed E-state index contributed by atoms with van der Waals surface area (Å²) in [6.07, 6.45) is 5.68. The summed E-state index contributed by atoms with van der Waals surface area (Å²) in [6.45, 7) is 3.49. The van der Waals surface area contributed by atoms with Crippen LogP contribution in [-0.4, -0.2) is 42.6 Å². The van der Waals surface area contributed by atoms with Gasteiger partial charge in [0.05, 0.1) is 25.4 Å². The number of aromatic nitrogens is 1. The van der Waals surface area contributed by atoms with E-state index in [1.54, 1.807) is 14.2 Å². The van der Waals surface area contributed by atoms with Crippen molar-refractivity contribution in [3.8, 4) is 11.5 Å². The first-order valence-corrected chi connectivity index (χ1v) is 11.7. The molecule has 174 valence electrons. The predicted octanol–water partition coefficient (Wildman–Crippen LogP) is 5.27. The van der Waals surface area contributed by atoms with Crippen molar-refractivity contribution in [3.63, 3.8) is 0 Å². The molecule has 1 aliphatic carbocycles. The van der Waals surface area contributed by atoms with E-state index >= 15 is 0 Å². The summed E-state index contributed by atoms with van der Waals surface area (Å²) in [5.41, 5.74) is 2.96. The van der Waals surface area contributed by atoms with E-state index in [0.717, 1.165) is 65.9 Å². The fraction of sp³-hybridized carbons (Fsp3) is 0.407. The Bertz CT molecular complexity index is 1100. The summed E-state index contributed by atoms with van der Waals surface area (Å²) < 4.78 is 11.0. The van der Waals surface area contributed by atoms with Crippen molar-refractivity contribution in [2.45, 2.75) is 45.2 Å².